The molecule has 1 saturated carbocycles. The third-order valence-electron chi connectivity index (χ3n) is 6.66. The quantitative estimate of drug-likeness (QED) is 0.767. The minimum atomic E-state index is -0.221. The Morgan fingerprint density at radius 2 is 1.90 bits per heavy atom. The van der Waals surface area contributed by atoms with E-state index < -0.39 is 0 Å². The second-order valence-electron chi connectivity index (χ2n) is 9.15. The number of carbonyl (C=O) groups is 1. The maximum absolute atomic E-state index is 12.6. The van der Waals surface area contributed by atoms with Gasteiger partial charge in [0.15, 0.2) is 0 Å². The maximum atomic E-state index is 12.6. The molecular formula is C23H32N6O2. The van der Waals surface area contributed by atoms with E-state index in [-0.39, 0.29) is 18.1 Å². The molecule has 31 heavy (non-hydrogen) atoms. The summed E-state index contributed by atoms with van der Waals surface area (Å²) in [6.07, 6.45) is 6.76. The number of benzene rings is 1. The van der Waals surface area contributed by atoms with Crippen LogP contribution < -0.4 is 15.9 Å². The standard InChI is InChI=1S/C23H32N6O2/c30-22(17-29-23(31)28-10-3-1-2-7-21(28)25-29)24-19-5-4-6-20(15-19)27-13-11-26(12-14-27)16-18-8-9-18/h4-6,15,18H,1-3,7-14,16-17H2,(H,24,30). The molecule has 2 aromatic rings. The summed E-state index contributed by atoms with van der Waals surface area (Å²) in [5, 5.41) is 7.36. The van der Waals surface area contributed by atoms with Gasteiger partial charge >= 0.3 is 5.69 Å². The predicted octanol–water partition coefficient (Wildman–Crippen LogP) is 1.94. The Morgan fingerprint density at radius 3 is 2.71 bits per heavy atom. The molecule has 1 saturated heterocycles. The number of fused-ring (bicyclic) bond motifs is 1. The fourth-order valence-corrected chi connectivity index (χ4v) is 4.70. The van der Waals surface area contributed by atoms with Crippen molar-refractivity contribution < 1.29 is 4.79 Å². The fourth-order valence-electron chi connectivity index (χ4n) is 4.70. The van der Waals surface area contributed by atoms with Crippen molar-refractivity contribution in [2.75, 3.05) is 42.9 Å². The smallest absolute Gasteiger partial charge is 0.346 e. The lowest BCUT2D eigenvalue weighted by atomic mass is 10.2. The van der Waals surface area contributed by atoms with Crippen LogP contribution in [0.2, 0.25) is 0 Å². The van der Waals surface area contributed by atoms with Crippen LogP contribution in [0, 0.1) is 5.92 Å². The largest absolute Gasteiger partial charge is 0.369 e. The fraction of sp³-hybridized carbons (Fsp3) is 0.609. The monoisotopic (exact) mass is 424 g/mol. The first kappa shape index (κ1) is 20.3. The van der Waals surface area contributed by atoms with E-state index in [2.05, 4.69) is 26.3 Å². The minimum Gasteiger partial charge on any atom is -0.369 e. The molecule has 0 bridgehead atoms. The average molecular weight is 425 g/mol. The lowest BCUT2D eigenvalue weighted by molar-refractivity contribution is -0.117. The number of nitrogens with zero attached hydrogens (tertiary/aromatic N) is 5. The van der Waals surface area contributed by atoms with Gasteiger partial charge in [0.05, 0.1) is 0 Å². The summed E-state index contributed by atoms with van der Waals surface area (Å²) in [4.78, 5) is 30.2. The second kappa shape index (κ2) is 8.86. The lowest BCUT2D eigenvalue weighted by Gasteiger charge is -2.36. The zero-order valence-corrected chi connectivity index (χ0v) is 18.1. The molecule has 1 aliphatic carbocycles. The molecule has 8 heteroatoms. The molecule has 0 spiro atoms. The van der Waals surface area contributed by atoms with Gasteiger partial charge in [-0.2, -0.15) is 5.10 Å². The Balaban J connectivity index is 1.19. The van der Waals surface area contributed by atoms with Crippen molar-refractivity contribution in [3.8, 4) is 0 Å². The molecule has 0 unspecified atom stereocenters. The van der Waals surface area contributed by atoms with Gasteiger partial charge in [0, 0.05) is 57.1 Å². The van der Waals surface area contributed by atoms with Gasteiger partial charge in [0.2, 0.25) is 5.91 Å². The van der Waals surface area contributed by atoms with E-state index >= 15 is 0 Å². The number of carbonyl (C=O) groups excluding carboxylic acids is 1. The van der Waals surface area contributed by atoms with Crippen molar-refractivity contribution in [2.45, 2.75) is 51.6 Å². The highest BCUT2D eigenvalue weighted by atomic mass is 16.2. The highest BCUT2D eigenvalue weighted by Crippen LogP contribution is 2.30. The molecule has 1 amide bonds. The van der Waals surface area contributed by atoms with Crippen LogP contribution in [0.3, 0.4) is 0 Å². The van der Waals surface area contributed by atoms with Crippen molar-refractivity contribution in [1.29, 1.82) is 0 Å². The summed E-state index contributed by atoms with van der Waals surface area (Å²) in [6, 6.07) is 8.01. The van der Waals surface area contributed by atoms with Crippen LogP contribution in [-0.4, -0.2) is 57.9 Å². The lowest BCUT2D eigenvalue weighted by Crippen LogP contribution is -2.47. The summed E-state index contributed by atoms with van der Waals surface area (Å²) in [5.74, 6) is 1.52. The number of piperazine rings is 1. The molecule has 3 heterocycles. The summed E-state index contributed by atoms with van der Waals surface area (Å²) in [6.45, 7) is 6.12. The molecule has 1 N–H and O–H groups in total. The summed E-state index contributed by atoms with van der Waals surface area (Å²) in [7, 11) is 0. The molecule has 2 aliphatic heterocycles. The number of hydrogen-bond acceptors (Lipinski definition) is 5. The van der Waals surface area contributed by atoms with Crippen LogP contribution in [0.15, 0.2) is 29.1 Å². The van der Waals surface area contributed by atoms with Crippen LogP contribution in [0.1, 0.15) is 37.9 Å². The minimum absolute atomic E-state index is 0.0527. The first-order valence-electron chi connectivity index (χ1n) is 11.7. The normalized spacial score (nSPS) is 19.7. The molecule has 8 nitrogen and oxygen atoms in total. The van der Waals surface area contributed by atoms with E-state index in [0.29, 0.717) is 6.54 Å². The molecule has 0 atom stereocenters. The Morgan fingerprint density at radius 1 is 1.06 bits per heavy atom. The van der Waals surface area contributed by atoms with Gasteiger partial charge in [-0.25, -0.2) is 9.48 Å². The number of anilines is 2. The predicted molar refractivity (Wildman–Crippen MR) is 120 cm³/mol. The Kier molecular flexibility index (Phi) is 5.80. The molecule has 166 valence electrons. The highest BCUT2D eigenvalue weighted by Gasteiger charge is 2.26. The molecule has 3 aliphatic rings. The number of amides is 1. The van der Waals surface area contributed by atoms with E-state index in [0.717, 1.165) is 75.0 Å². The van der Waals surface area contributed by atoms with Crippen LogP contribution in [0.4, 0.5) is 11.4 Å². The molecule has 2 fully saturated rings. The van der Waals surface area contributed by atoms with Gasteiger partial charge in [-0.1, -0.05) is 12.5 Å². The summed E-state index contributed by atoms with van der Waals surface area (Å²) < 4.78 is 3.03. The number of aromatic nitrogens is 3. The van der Waals surface area contributed by atoms with E-state index in [1.54, 1.807) is 4.57 Å². The molecule has 1 aromatic carbocycles. The van der Waals surface area contributed by atoms with Crippen LogP contribution >= 0.6 is 0 Å². The van der Waals surface area contributed by atoms with Gasteiger partial charge in [0.25, 0.3) is 0 Å². The summed E-state index contributed by atoms with van der Waals surface area (Å²) in [5.41, 5.74) is 1.72. The van der Waals surface area contributed by atoms with Gasteiger partial charge < -0.3 is 10.2 Å². The third-order valence-corrected chi connectivity index (χ3v) is 6.66. The number of aryl methyl sites for hydroxylation is 1. The van der Waals surface area contributed by atoms with E-state index in [1.165, 1.54) is 24.1 Å². The van der Waals surface area contributed by atoms with Gasteiger partial charge in [-0.15, -0.1) is 0 Å². The van der Waals surface area contributed by atoms with Gasteiger partial charge in [-0.3, -0.25) is 14.3 Å². The van der Waals surface area contributed by atoms with Crippen molar-refractivity contribution in [1.82, 2.24) is 19.2 Å². The molecule has 0 radical (unpaired) electrons. The zero-order chi connectivity index (χ0) is 21.2. The number of rotatable bonds is 6. The number of hydrogen-bond donors (Lipinski definition) is 1. The Labute approximate surface area is 182 Å². The Bertz CT molecular complexity index is 984. The Hall–Kier alpha value is -2.61. The van der Waals surface area contributed by atoms with Gasteiger partial charge in [-0.05, 0) is 49.8 Å². The SMILES string of the molecule is O=C(Cn1nc2n(c1=O)CCCCC2)Nc1cccc(N2CCN(CC3CC3)CC2)c1. The number of nitrogens with one attached hydrogen (secondary N) is 1. The topological polar surface area (TPSA) is 75.4 Å². The average Bonchev–Trinajstić information content (AvgIpc) is 3.57. The van der Waals surface area contributed by atoms with Crippen molar-refractivity contribution >= 4 is 17.3 Å². The van der Waals surface area contributed by atoms with Crippen LogP contribution in [0.25, 0.3) is 0 Å². The van der Waals surface area contributed by atoms with Crippen molar-refractivity contribution in [3.63, 3.8) is 0 Å². The van der Waals surface area contributed by atoms with E-state index in [9.17, 15) is 9.59 Å². The maximum Gasteiger partial charge on any atom is 0.346 e. The van der Waals surface area contributed by atoms with E-state index in [1.807, 2.05) is 18.2 Å². The second-order valence-corrected chi connectivity index (χ2v) is 9.15. The van der Waals surface area contributed by atoms with Gasteiger partial charge in [0.1, 0.15) is 12.4 Å². The third kappa shape index (κ3) is 4.84. The summed E-state index contributed by atoms with van der Waals surface area (Å²) >= 11 is 0. The molecular weight excluding hydrogens is 392 g/mol. The molecule has 1 aromatic heterocycles. The van der Waals surface area contributed by atoms with Crippen molar-refractivity contribution in [2.24, 2.45) is 5.92 Å². The van der Waals surface area contributed by atoms with E-state index in [4.69, 9.17) is 0 Å². The van der Waals surface area contributed by atoms with Crippen LogP contribution in [-0.2, 0) is 24.3 Å². The highest BCUT2D eigenvalue weighted by molar-refractivity contribution is 5.91. The first-order valence-corrected chi connectivity index (χ1v) is 11.7. The molecule has 5 rings (SSSR count). The first-order chi connectivity index (χ1) is 15.2. The van der Waals surface area contributed by atoms with Crippen LogP contribution in [0.5, 0.6) is 0 Å². The zero-order valence-electron chi connectivity index (χ0n) is 18.1. The van der Waals surface area contributed by atoms with Crippen molar-refractivity contribution in [3.05, 3.63) is 40.6 Å².